The summed E-state index contributed by atoms with van der Waals surface area (Å²) < 4.78 is 5.05. The molecule has 0 bridgehead atoms. The van der Waals surface area contributed by atoms with Crippen LogP contribution < -0.4 is 10.6 Å². The molecule has 0 aromatic heterocycles. The summed E-state index contributed by atoms with van der Waals surface area (Å²) in [6.45, 7) is -0.584. The van der Waals surface area contributed by atoms with E-state index in [4.69, 9.17) is 33.0 Å². The first-order chi connectivity index (χ1) is 14.3. The largest absolute Gasteiger partial charge is 0.394 e. The summed E-state index contributed by atoms with van der Waals surface area (Å²) >= 11 is 12.4. The molecule has 6 N–H and O–H groups in total. The quantitative estimate of drug-likeness (QED) is 0.384. The first kappa shape index (κ1) is 22.8. The van der Waals surface area contributed by atoms with Gasteiger partial charge < -0.3 is 35.8 Å². The molecule has 30 heavy (non-hydrogen) atoms. The van der Waals surface area contributed by atoms with Gasteiger partial charge in [-0.3, -0.25) is 4.79 Å². The third-order valence-electron chi connectivity index (χ3n) is 4.82. The number of benzene rings is 2. The van der Waals surface area contributed by atoms with E-state index < -0.39 is 43.2 Å². The van der Waals surface area contributed by atoms with Crippen molar-refractivity contribution in [1.82, 2.24) is 5.32 Å². The van der Waals surface area contributed by atoms with Gasteiger partial charge >= 0.3 is 0 Å². The van der Waals surface area contributed by atoms with Crippen LogP contribution in [0.15, 0.2) is 42.5 Å². The SMILES string of the molecule is O=C(Cc1ccccc1Nc1c(Cl)cccc1Cl)N[C@@H]1[C@@H](O)[C@H](O)[C@@H](CO)O[C@H]1O. The Morgan fingerprint density at radius 1 is 1.00 bits per heavy atom. The fourth-order valence-electron chi connectivity index (χ4n) is 3.21. The van der Waals surface area contributed by atoms with E-state index in [1.54, 1.807) is 42.5 Å². The van der Waals surface area contributed by atoms with Gasteiger partial charge in [-0.1, -0.05) is 47.5 Å². The lowest BCUT2D eigenvalue weighted by Gasteiger charge is -2.40. The van der Waals surface area contributed by atoms with E-state index in [0.29, 0.717) is 27.0 Å². The van der Waals surface area contributed by atoms with Gasteiger partial charge in [-0.2, -0.15) is 0 Å². The number of hydrogen-bond acceptors (Lipinski definition) is 7. The van der Waals surface area contributed by atoms with Gasteiger partial charge in [0.05, 0.1) is 28.8 Å². The van der Waals surface area contributed by atoms with E-state index in [2.05, 4.69) is 10.6 Å². The Balaban J connectivity index is 1.72. The molecule has 8 nitrogen and oxygen atoms in total. The molecule has 2 aromatic carbocycles. The van der Waals surface area contributed by atoms with Gasteiger partial charge in [0.15, 0.2) is 6.29 Å². The van der Waals surface area contributed by atoms with Crippen molar-refractivity contribution in [2.24, 2.45) is 0 Å². The maximum atomic E-state index is 12.6. The van der Waals surface area contributed by atoms with Gasteiger partial charge in [0.1, 0.15) is 24.4 Å². The molecule has 1 amide bonds. The molecule has 1 aliphatic rings. The number of anilines is 2. The van der Waals surface area contributed by atoms with Gasteiger partial charge in [-0.05, 0) is 23.8 Å². The highest BCUT2D eigenvalue weighted by atomic mass is 35.5. The van der Waals surface area contributed by atoms with Gasteiger partial charge in [-0.15, -0.1) is 0 Å². The summed E-state index contributed by atoms with van der Waals surface area (Å²) in [5, 5.41) is 45.7. The number of aliphatic hydroxyl groups is 4. The number of rotatable bonds is 6. The first-order valence-corrected chi connectivity index (χ1v) is 9.96. The second-order valence-electron chi connectivity index (χ2n) is 6.88. The standard InChI is InChI=1S/C20H22Cl2N2O6/c21-11-5-3-6-12(22)16(11)23-13-7-2-1-4-10(13)8-15(26)24-17-19(28)18(27)14(9-25)30-20(17)29/h1-7,14,17-20,23,25,27-29H,8-9H2,(H,24,26)/t14-,17-,18-,19-,20-/m1/s1. The average molecular weight is 457 g/mol. The van der Waals surface area contributed by atoms with Crippen LogP contribution in [-0.4, -0.2) is 63.6 Å². The molecule has 3 rings (SSSR count). The van der Waals surface area contributed by atoms with Crippen molar-refractivity contribution >= 4 is 40.5 Å². The number of aliphatic hydroxyl groups excluding tert-OH is 4. The molecule has 1 aliphatic heterocycles. The Morgan fingerprint density at radius 2 is 1.67 bits per heavy atom. The predicted octanol–water partition coefficient (Wildman–Crippen LogP) is 1.20. The maximum absolute atomic E-state index is 12.6. The third kappa shape index (κ3) is 5.04. The van der Waals surface area contributed by atoms with Crippen LogP contribution >= 0.6 is 23.2 Å². The highest BCUT2D eigenvalue weighted by molar-refractivity contribution is 6.39. The summed E-state index contributed by atoms with van der Waals surface area (Å²) in [4.78, 5) is 12.6. The van der Waals surface area contributed by atoms with Crippen molar-refractivity contribution in [1.29, 1.82) is 0 Å². The predicted molar refractivity (Wildman–Crippen MR) is 112 cm³/mol. The van der Waals surface area contributed by atoms with Crippen molar-refractivity contribution < 1.29 is 30.0 Å². The molecule has 5 atom stereocenters. The molecule has 10 heteroatoms. The molecule has 0 aliphatic carbocycles. The Morgan fingerprint density at radius 3 is 2.33 bits per heavy atom. The minimum atomic E-state index is -1.58. The highest BCUT2D eigenvalue weighted by Gasteiger charge is 2.44. The highest BCUT2D eigenvalue weighted by Crippen LogP contribution is 2.33. The summed E-state index contributed by atoms with van der Waals surface area (Å²) in [6, 6.07) is 10.8. The van der Waals surface area contributed by atoms with Crippen molar-refractivity contribution in [2.45, 2.75) is 37.1 Å². The summed E-state index contributed by atoms with van der Waals surface area (Å²) in [6.07, 6.45) is -5.79. The molecule has 0 saturated carbocycles. The van der Waals surface area contributed by atoms with Crippen LogP contribution in [0.1, 0.15) is 5.56 Å². The van der Waals surface area contributed by atoms with E-state index in [1.807, 2.05) is 0 Å². The molecule has 0 spiro atoms. The number of ether oxygens (including phenoxy) is 1. The number of amides is 1. The number of halogens is 2. The van der Waals surface area contributed by atoms with E-state index in [9.17, 15) is 20.1 Å². The minimum Gasteiger partial charge on any atom is -0.394 e. The minimum absolute atomic E-state index is 0.0965. The summed E-state index contributed by atoms with van der Waals surface area (Å²) in [5.41, 5.74) is 1.71. The number of para-hydroxylation sites is 2. The Labute approximate surface area is 183 Å². The van der Waals surface area contributed by atoms with Gasteiger partial charge in [0.2, 0.25) is 5.91 Å². The summed E-state index contributed by atoms with van der Waals surface area (Å²) in [7, 11) is 0. The molecular formula is C20H22Cl2N2O6. The van der Waals surface area contributed by atoms with Crippen LogP contribution in [0, 0.1) is 0 Å². The van der Waals surface area contributed by atoms with Crippen molar-refractivity contribution in [2.75, 3.05) is 11.9 Å². The van der Waals surface area contributed by atoms with E-state index >= 15 is 0 Å². The lowest BCUT2D eigenvalue weighted by atomic mass is 9.96. The van der Waals surface area contributed by atoms with Crippen LogP contribution in [0.25, 0.3) is 0 Å². The number of hydrogen-bond donors (Lipinski definition) is 6. The first-order valence-electron chi connectivity index (χ1n) is 9.20. The monoisotopic (exact) mass is 456 g/mol. The number of carbonyl (C=O) groups is 1. The fraction of sp³-hybridized carbons (Fsp3) is 0.350. The third-order valence-corrected chi connectivity index (χ3v) is 5.45. The van der Waals surface area contributed by atoms with Gasteiger partial charge in [0, 0.05) is 5.69 Å². The van der Waals surface area contributed by atoms with E-state index in [0.717, 1.165) is 0 Å². The molecule has 0 unspecified atom stereocenters. The van der Waals surface area contributed by atoms with Crippen LogP contribution in [-0.2, 0) is 16.0 Å². The lowest BCUT2D eigenvalue weighted by Crippen LogP contribution is -2.64. The zero-order valence-corrected chi connectivity index (χ0v) is 17.2. The topological polar surface area (TPSA) is 131 Å². The van der Waals surface area contributed by atoms with Crippen LogP contribution in [0.4, 0.5) is 11.4 Å². The van der Waals surface area contributed by atoms with E-state index in [1.165, 1.54) is 0 Å². The molecule has 1 heterocycles. The molecular weight excluding hydrogens is 435 g/mol. The maximum Gasteiger partial charge on any atom is 0.224 e. The van der Waals surface area contributed by atoms with Gasteiger partial charge in [-0.25, -0.2) is 0 Å². The smallest absolute Gasteiger partial charge is 0.224 e. The Bertz CT molecular complexity index is 879. The molecule has 1 fully saturated rings. The van der Waals surface area contributed by atoms with Gasteiger partial charge in [0.25, 0.3) is 0 Å². The number of nitrogens with one attached hydrogen (secondary N) is 2. The molecule has 0 radical (unpaired) electrons. The van der Waals surface area contributed by atoms with Crippen LogP contribution in [0.3, 0.4) is 0 Å². The zero-order chi connectivity index (χ0) is 21.8. The fourth-order valence-corrected chi connectivity index (χ4v) is 3.70. The number of carbonyl (C=O) groups excluding carboxylic acids is 1. The van der Waals surface area contributed by atoms with Crippen LogP contribution in [0.5, 0.6) is 0 Å². The lowest BCUT2D eigenvalue weighted by molar-refractivity contribution is -0.253. The molecule has 2 aromatic rings. The normalized spacial score (nSPS) is 26.3. The van der Waals surface area contributed by atoms with Crippen molar-refractivity contribution in [3.05, 3.63) is 58.1 Å². The second-order valence-corrected chi connectivity index (χ2v) is 7.69. The van der Waals surface area contributed by atoms with E-state index in [-0.39, 0.29) is 6.42 Å². The Hall–Kier alpha value is -1.91. The Kier molecular flexibility index (Phi) is 7.54. The summed E-state index contributed by atoms with van der Waals surface area (Å²) in [5.74, 6) is -0.518. The molecule has 162 valence electrons. The molecule has 1 saturated heterocycles. The zero-order valence-electron chi connectivity index (χ0n) is 15.7. The van der Waals surface area contributed by atoms with Crippen molar-refractivity contribution in [3.8, 4) is 0 Å². The van der Waals surface area contributed by atoms with Crippen LogP contribution in [0.2, 0.25) is 10.0 Å². The second kappa shape index (κ2) is 9.93. The average Bonchev–Trinajstić information content (AvgIpc) is 2.72. The van der Waals surface area contributed by atoms with Crippen molar-refractivity contribution in [3.63, 3.8) is 0 Å².